The van der Waals surface area contributed by atoms with Crippen molar-refractivity contribution in [2.24, 2.45) is 5.10 Å². The zero-order chi connectivity index (χ0) is 22.7. The second-order valence-corrected chi connectivity index (χ2v) is 7.78. The van der Waals surface area contributed by atoms with Gasteiger partial charge >= 0.3 is 0 Å². The predicted octanol–water partition coefficient (Wildman–Crippen LogP) is 5.67. The SMILES string of the molecule is O=C(N/N=C\c1cn(Cc2ccc(Cl)cc2Cl)c2ccccc12)c1ccccc1[N+](=O)[O-]. The third-order valence-electron chi connectivity index (χ3n) is 4.89. The third kappa shape index (κ3) is 4.49. The molecule has 32 heavy (non-hydrogen) atoms. The zero-order valence-corrected chi connectivity index (χ0v) is 18.0. The maximum Gasteiger partial charge on any atom is 0.282 e. The lowest BCUT2D eigenvalue weighted by Crippen LogP contribution is -2.18. The van der Waals surface area contributed by atoms with Gasteiger partial charge < -0.3 is 4.57 Å². The molecule has 1 aromatic heterocycles. The Hall–Kier alpha value is -3.68. The number of hydrogen-bond donors (Lipinski definition) is 1. The van der Waals surface area contributed by atoms with Crippen molar-refractivity contribution in [3.63, 3.8) is 0 Å². The third-order valence-corrected chi connectivity index (χ3v) is 5.48. The van der Waals surface area contributed by atoms with E-state index in [0.717, 1.165) is 22.0 Å². The van der Waals surface area contributed by atoms with Gasteiger partial charge in [-0.05, 0) is 29.8 Å². The summed E-state index contributed by atoms with van der Waals surface area (Å²) in [6.45, 7) is 0.521. The molecule has 0 fully saturated rings. The summed E-state index contributed by atoms with van der Waals surface area (Å²) in [4.78, 5) is 22.9. The molecule has 0 aliphatic carbocycles. The molecule has 160 valence electrons. The van der Waals surface area contributed by atoms with Crippen LogP contribution in [-0.4, -0.2) is 21.6 Å². The standard InChI is InChI=1S/C23H16Cl2N4O3/c24-17-10-9-15(20(25)11-17)13-28-14-16(18-5-1-3-7-21(18)28)12-26-27-23(30)19-6-2-4-8-22(19)29(31)32/h1-12,14H,13H2,(H,27,30)/b26-12-. The maximum absolute atomic E-state index is 12.4. The molecule has 3 aromatic carbocycles. The van der Waals surface area contributed by atoms with Crippen LogP contribution in [-0.2, 0) is 6.54 Å². The van der Waals surface area contributed by atoms with Gasteiger partial charge in [0.1, 0.15) is 5.56 Å². The average molecular weight is 467 g/mol. The minimum Gasteiger partial charge on any atom is -0.342 e. The van der Waals surface area contributed by atoms with Gasteiger partial charge in [-0.2, -0.15) is 5.10 Å². The number of rotatable bonds is 6. The van der Waals surface area contributed by atoms with Crippen LogP contribution in [0.2, 0.25) is 10.0 Å². The minimum atomic E-state index is -0.662. The number of carbonyl (C=O) groups is 1. The molecule has 7 nitrogen and oxygen atoms in total. The van der Waals surface area contributed by atoms with Crippen molar-refractivity contribution < 1.29 is 9.72 Å². The van der Waals surface area contributed by atoms with Crippen LogP contribution in [0.25, 0.3) is 10.9 Å². The van der Waals surface area contributed by atoms with Crippen LogP contribution in [0.3, 0.4) is 0 Å². The summed E-state index contributed by atoms with van der Waals surface area (Å²) in [5.74, 6) is -0.662. The number of hydrogen-bond acceptors (Lipinski definition) is 4. The van der Waals surface area contributed by atoms with E-state index < -0.39 is 10.8 Å². The van der Waals surface area contributed by atoms with Gasteiger partial charge in [-0.1, -0.05) is 59.6 Å². The summed E-state index contributed by atoms with van der Waals surface area (Å²) < 4.78 is 2.02. The molecular weight excluding hydrogens is 451 g/mol. The number of aromatic nitrogens is 1. The number of benzene rings is 3. The normalized spacial score (nSPS) is 11.2. The van der Waals surface area contributed by atoms with E-state index in [1.807, 2.05) is 41.1 Å². The second kappa shape index (κ2) is 9.21. The lowest BCUT2D eigenvalue weighted by molar-refractivity contribution is -0.385. The van der Waals surface area contributed by atoms with Gasteiger partial charge in [0.2, 0.25) is 0 Å². The quantitative estimate of drug-likeness (QED) is 0.225. The van der Waals surface area contributed by atoms with Gasteiger partial charge in [0.15, 0.2) is 0 Å². The van der Waals surface area contributed by atoms with Gasteiger partial charge in [0.25, 0.3) is 11.6 Å². The molecule has 0 aliphatic heterocycles. The van der Waals surface area contributed by atoms with E-state index in [4.69, 9.17) is 23.2 Å². The summed E-state index contributed by atoms with van der Waals surface area (Å²) in [6, 6.07) is 18.8. The Labute approximate surface area is 193 Å². The molecule has 0 aliphatic rings. The van der Waals surface area contributed by atoms with Crippen LogP contribution in [0.15, 0.2) is 78.0 Å². The van der Waals surface area contributed by atoms with Crippen LogP contribution < -0.4 is 5.43 Å². The predicted molar refractivity (Wildman–Crippen MR) is 126 cm³/mol. The van der Waals surface area contributed by atoms with Crippen LogP contribution >= 0.6 is 23.2 Å². The van der Waals surface area contributed by atoms with Crippen molar-refractivity contribution in [2.45, 2.75) is 6.54 Å². The number of carbonyl (C=O) groups excluding carboxylic acids is 1. The first-order chi connectivity index (χ1) is 15.4. The molecule has 0 radical (unpaired) electrons. The second-order valence-electron chi connectivity index (χ2n) is 6.94. The number of fused-ring (bicyclic) bond motifs is 1. The summed E-state index contributed by atoms with van der Waals surface area (Å²) in [7, 11) is 0. The molecule has 4 aromatic rings. The Morgan fingerprint density at radius 1 is 1.09 bits per heavy atom. The molecule has 1 amide bonds. The summed E-state index contributed by atoms with van der Waals surface area (Å²) >= 11 is 12.3. The van der Waals surface area contributed by atoms with Crippen molar-refractivity contribution in [3.8, 4) is 0 Å². The average Bonchev–Trinajstić information content (AvgIpc) is 3.13. The Balaban J connectivity index is 1.59. The molecule has 4 rings (SSSR count). The number of halogens is 2. The fourth-order valence-corrected chi connectivity index (χ4v) is 3.86. The van der Waals surface area contributed by atoms with Crippen LogP contribution in [0.5, 0.6) is 0 Å². The highest BCUT2D eigenvalue weighted by Gasteiger charge is 2.18. The fourth-order valence-electron chi connectivity index (χ4n) is 3.39. The highest BCUT2D eigenvalue weighted by molar-refractivity contribution is 6.35. The van der Waals surface area contributed by atoms with Crippen LogP contribution in [0, 0.1) is 10.1 Å². The number of nitro groups is 1. The van der Waals surface area contributed by atoms with Gasteiger partial charge in [0.05, 0.1) is 11.1 Å². The number of nitro benzene ring substituents is 1. The highest BCUT2D eigenvalue weighted by Crippen LogP contribution is 2.25. The fraction of sp³-hybridized carbons (Fsp3) is 0.0435. The molecule has 1 heterocycles. The number of hydrazone groups is 1. The minimum absolute atomic E-state index is 0.0607. The largest absolute Gasteiger partial charge is 0.342 e. The van der Waals surface area contributed by atoms with E-state index in [0.29, 0.717) is 16.6 Å². The van der Waals surface area contributed by atoms with E-state index in [2.05, 4.69) is 10.5 Å². The highest BCUT2D eigenvalue weighted by atomic mass is 35.5. The van der Waals surface area contributed by atoms with Gasteiger partial charge in [-0.3, -0.25) is 14.9 Å². The number of para-hydroxylation sites is 2. The van der Waals surface area contributed by atoms with E-state index in [-0.39, 0.29) is 11.3 Å². The summed E-state index contributed by atoms with van der Waals surface area (Å²) in [5, 5.41) is 17.2. The van der Waals surface area contributed by atoms with E-state index in [1.165, 1.54) is 24.4 Å². The number of nitrogens with one attached hydrogen (secondary N) is 1. The smallest absolute Gasteiger partial charge is 0.282 e. The van der Waals surface area contributed by atoms with Crippen molar-refractivity contribution in [2.75, 3.05) is 0 Å². The molecule has 0 unspecified atom stereocenters. The summed E-state index contributed by atoms with van der Waals surface area (Å²) in [5.41, 5.74) is 4.66. The topological polar surface area (TPSA) is 89.5 Å². The molecule has 0 saturated carbocycles. The Kier molecular flexibility index (Phi) is 6.20. The van der Waals surface area contributed by atoms with Gasteiger partial charge in [-0.25, -0.2) is 5.43 Å². The lowest BCUT2D eigenvalue weighted by atomic mass is 10.2. The van der Waals surface area contributed by atoms with Crippen LogP contribution in [0.4, 0.5) is 5.69 Å². The maximum atomic E-state index is 12.4. The first-order valence-corrected chi connectivity index (χ1v) is 10.3. The van der Waals surface area contributed by atoms with Crippen molar-refractivity contribution >= 4 is 51.9 Å². The molecule has 0 bridgehead atoms. The molecule has 9 heteroatoms. The van der Waals surface area contributed by atoms with Crippen molar-refractivity contribution in [1.82, 2.24) is 9.99 Å². The molecule has 0 atom stereocenters. The first kappa shape index (κ1) is 21.5. The van der Waals surface area contributed by atoms with Crippen LogP contribution in [0.1, 0.15) is 21.5 Å². The molecule has 1 N–H and O–H groups in total. The lowest BCUT2D eigenvalue weighted by Gasteiger charge is -2.08. The first-order valence-electron chi connectivity index (χ1n) is 9.52. The Morgan fingerprint density at radius 2 is 1.84 bits per heavy atom. The monoisotopic (exact) mass is 466 g/mol. The Bertz CT molecular complexity index is 1360. The van der Waals surface area contributed by atoms with E-state index >= 15 is 0 Å². The molecular formula is C23H16Cl2N4O3. The molecule has 0 saturated heterocycles. The van der Waals surface area contributed by atoms with Crippen molar-refractivity contribution in [3.05, 3.63) is 110 Å². The van der Waals surface area contributed by atoms with Gasteiger partial charge in [0, 0.05) is 45.3 Å². The van der Waals surface area contributed by atoms with E-state index in [1.54, 1.807) is 18.2 Å². The summed E-state index contributed by atoms with van der Waals surface area (Å²) in [6.07, 6.45) is 3.41. The Morgan fingerprint density at radius 3 is 2.62 bits per heavy atom. The zero-order valence-electron chi connectivity index (χ0n) is 16.5. The van der Waals surface area contributed by atoms with E-state index in [9.17, 15) is 14.9 Å². The van der Waals surface area contributed by atoms with Gasteiger partial charge in [-0.15, -0.1) is 0 Å². The number of amides is 1. The number of nitrogens with zero attached hydrogens (tertiary/aromatic N) is 3. The molecule has 0 spiro atoms. The van der Waals surface area contributed by atoms with Crippen molar-refractivity contribution in [1.29, 1.82) is 0 Å².